The third-order valence-electron chi connectivity index (χ3n) is 5.53. The molecule has 0 fully saturated rings. The zero-order valence-corrected chi connectivity index (χ0v) is 21.8. The normalized spacial score (nSPS) is 12.1. The molecule has 0 saturated heterocycles. The summed E-state index contributed by atoms with van der Waals surface area (Å²) in [5.41, 5.74) is 2.04. The van der Waals surface area contributed by atoms with E-state index < -0.39 is 28.5 Å². The van der Waals surface area contributed by atoms with Crippen LogP contribution in [0, 0.1) is 6.92 Å². The van der Waals surface area contributed by atoms with Crippen LogP contribution in [-0.2, 0) is 26.0 Å². The summed E-state index contributed by atoms with van der Waals surface area (Å²) in [4.78, 5) is 28.0. The van der Waals surface area contributed by atoms with Gasteiger partial charge in [0.15, 0.2) is 0 Å². The Kier molecular flexibility index (Phi) is 10.4. The Balaban J connectivity index is 2.37. The van der Waals surface area contributed by atoms with E-state index in [0.717, 1.165) is 22.5 Å². The fourth-order valence-corrected chi connectivity index (χ4v) is 4.89. The number of halogens is 1. The molecular weight excluding hydrogens is 474 g/mol. The molecule has 2 aromatic carbocycles. The van der Waals surface area contributed by atoms with Crippen molar-refractivity contribution < 1.29 is 18.0 Å². The van der Waals surface area contributed by atoms with Crippen LogP contribution in [0.5, 0.6) is 0 Å². The minimum atomic E-state index is -3.77. The maximum atomic E-state index is 13.6. The first kappa shape index (κ1) is 27.7. The zero-order chi connectivity index (χ0) is 25.3. The summed E-state index contributed by atoms with van der Waals surface area (Å²) in [7, 11) is -3.77. The van der Waals surface area contributed by atoms with Crippen molar-refractivity contribution in [2.45, 2.75) is 46.1 Å². The first-order valence-corrected chi connectivity index (χ1v) is 13.7. The van der Waals surface area contributed by atoms with Crippen molar-refractivity contribution >= 4 is 39.1 Å². The largest absolute Gasteiger partial charge is 0.354 e. The predicted octanol–water partition coefficient (Wildman–Crippen LogP) is 3.79. The van der Waals surface area contributed by atoms with Gasteiger partial charge in [-0.25, -0.2) is 8.42 Å². The van der Waals surface area contributed by atoms with Crippen LogP contribution < -0.4 is 9.62 Å². The third kappa shape index (κ3) is 7.74. The number of hydrogen-bond donors (Lipinski definition) is 1. The number of carbonyl (C=O) groups is 2. The number of aryl methyl sites for hydroxylation is 1. The summed E-state index contributed by atoms with van der Waals surface area (Å²) in [5, 5.41) is 3.34. The van der Waals surface area contributed by atoms with E-state index in [-0.39, 0.29) is 12.5 Å². The summed E-state index contributed by atoms with van der Waals surface area (Å²) in [6, 6.07) is 13.8. The third-order valence-corrected chi connectivity index (χ3v) is 6.89. The highest BCUT2D eigenvalue weighted by Gasteiger charge is 2.31. The Morgan fingerprint density at radius 3 is 2.32 bits per heavy atom. The summed E-state index contributed by atoms with van der Waals surface area (Å²) < 4.78 is 26.4. The van der Waals surface area contributed by atoms with Gasteiger partial charge in [0.1, 0.15) is 12.6 Å². The zero-order valence-electron chi connectivity index (χ0n) is 20.3. The maximum absolute atomic E-state index is 13.6. The van der Waals surface area contributed by atoms with Crippen molar-refractivity contribution in [3.8, 4) is 0 Å². The fourth-order valence-electron chi connectivity index (χ4n) is 3.76. The highest BCUT2D eigenvalue weighted by molar-refractivity contribution is 7.92. The summed E-state index contributed by atoms with van der Waals surface area (Å²) in [6.07, 6.45) is 2.80. The Morgan fingerprint density at radius 2 is 1.76 bits per heavy atom. The fraction of sp³-hybridized carbons (Fsp3) is 0.440. The molecule has 34 heavy (non-hydrogen) atoms. The molecule has 1 N–H and O–H groups in total. The van der Waals surface area contributed by atoms with Gasteiger partial charge in [-0.1, -0.05) is 55.8 Å². The Morgan fingerprint density at radius 1 is 1.09 bits per heavy atom. The van der Waals surface area contributed by atoms with E-state index in [0.29, 0.717) is 35.7 Å². The first-order valence-electron chi connectivity index (χ1n) is 11.4. The summed E-state index contributed by atoms with van der Waals surface area (Å²) in [5.74, 6) is -0.673. The van der Waals surface area contributed by atoms with Crippen LogP contribution in [0.1, 0.15) is 37.8 Å². The van der Waals surface area contributed by atoms with Crippen molar-refractivity contribution in [1.29, 1.82) is 0 Å². The molecule has 0 aromatic heterocycles. The van der Waals surface area contributed by atoms with Crippen LogP contribution in [-0.4, -0.2) is 57.1 Å². The van der Waals surface area contributed by atoms with Gasteiger partial charge in [-0.2, -0.15) is 0 Å². The summed E-state index contributed by atoms with van der Waals surface area (Å²) in [6.45, 7) is 5.93. The quantitative estimate of drug-likeness (QED) is 0.473. The SMILES string of the molecule is CCCNC(=O)C(CC)N(CCc1ccccc1)C(=O)CN(c1ccc(Cl)cc1C)S(C)(=O)=O. The maximum Gasteiger partial charge on any atom is 0.244 e. The van der Waals surface area contributed by atoms with Crippen molar-refractivity contribution in [2.24, 2.45) is 0 Å². The molecule has 7 nitrogen and oxygen atoms in total. The van der Waals surface area contributed by atoms with Gasteiger partial charge in [0.05, 0.1) is 11.9 Å². The van der Waals surface area contributed by atoms with Gasteiger partial charge in [-0.05, 0) is 55.5 Å². The summed E-state index contributed by atoms with van der Waals surface area (Å²) >= 11 is 6.04. The van der Waals surface area contributed by atoms with Gasteiger partial charge in [-0.15, -0.1) is 0 Å². The monoisotopic (exact) mass is 507 g/mol. The highest BCUT2D eigenvalue weighted by Crippen LogP contribution is 2.26. The number of nitrogens with one attached hydrogen (secondary N) is 1. The van der Waals surface area contributed by atoms with Gasteiger partial charge >= 0.3 is 0 Å². The lowest BCUT2D eigenvalue weighted by Crippen LogP contribution is -2.53. The van der Waals surface area contributed by atoms with Gasteiger partial charge in [0.25, 0.3) is 0 Å². The van der Waals surface area contributed by atoms with E-state index in [1.807, 2.05) is 44.2 Å². The molecule has 0 aliphatic heterocycles. The molecule has 9 heteroatoms. The van der Waals surface area contributed by atoms with Crippen LogP contribution in [0.15, 0.2) is 48.5 Å². The number of sulfonamides is 1. The number of hydrogen-bond acceptors (Lipinski definition) is 4. The van der Waals surface area contributed by atoms with Crippen molar-refractivity contribution in [2.75, 3.05) is 30.2 Å². The minimum absolute atomic E-state index is 0.237. The molecule has 0 heterocycles. The van der Waals surface area contributed by atoms with E-state index in [9.17, 15) is 18.0 Å². The van der Waals surface area contributed by atoms with Crippen LogP contribution in [0.3, 0.4) is 0 Å². The average Bonchev–Trinajstić information content (AvgIpc) is 2.79. The van der Waals surface area contributed by atoms with E-state index in [2.05, 4.69) is 5.32 Å². The molecule has 0 aliphatic carbocycles. The predicted molar refractivity (Wildman–Crippen MR) is 138 cm³/mol. The molecular formula is C25H34ClN3O4S. The number of carbonyl (C=O) groups excluding carboxylic acids is 2. The molecule has 1 atom stereocenters. The second-order valence-corrected chi connectivity index (χ2v) is 10.6. The number of benzene rings is 2. The standard InChI is InChI=1S/C25H34ClN3O4S/c1-5-15-27-25(31)22(6-2)28(16-14-20-10-8-7-9-11-20)24(30)18-29(34(4,32)33)23-13-12-21(26)17-19(23)3/h7-13,17,22H,5-6,14-16,18H2,1-4H3,(H,27,31). The molecule has 0 spiro atoms. The lowest BCUT2D eigenvalue weighted by Gasteiger charge is -2.33. The van der Waals surface area contributed by atoms with Crippen molar-refractivity contribution in [3.05, 3.63) is 64.7 Å². The van der Waals surface area contributed by atoms with Crippen LogP contribution in [0.2, 0.25) is 5.02 Å². The van der Waals surface area contributed by atoms with Gasteiger partial charge < -0.3 is 10.2 Å². The van der Waals surface area contributed by atoms with E-state index in [1.165, 1.54) is 4.90 Å². The molecule has 2 amide bonds. The second kappa shape index (κ2) is 12.8. The van der Waals surface area contributed by atoms with Crippen LogP contribution >= 0.6 is 11.6 Å². The molecule has 0 saturated carbocycles. The Hall–Kier alpha value is -2.58. The Bertz CT molecular complexity index is 1080. The topological polar surface area (TPSA) is 86.8 Å². The molecule has 186 valence electrons. The first-order chi connectivity index (χ1) is 16.1. The minimum Gasteiger partial charge on any atom is -0.354 e. The molecule has 0 aliphatic rings. The van der Waals surface area contributed by atoms with E-state index in [4.69, 9.17) is 11.6 Å². The van der Waals surface area contributed by atoms with Gasteiger partial charge in [-0.3, -0.25) is 13.9 Å². The highest BCUT2D eigenvalue weighted by atomic mass is 35.5. The Labute approximate surface area is 208 Å². The second-order valence-electron chi connectivity index (χ2n) is 8.24. The van der Waals surface area contributed by atoms with E-state index in [1.54, 1.807) is 25.1 Å². The molecule has 0 bridgehead atoms. The lowest BCUT2D eigenvalue weighted by molar-refractivity contribution is -0.139. The van der Waals surface area contributed by atoms with Crippen molar-refractivity contribution in [3.63, 3.8) is 0 Å². The number of amides is 2. The van der Waals surface area contributed by atoms with E-state index >= 15 is 0 Å². The molecule has 2 aromatic rings. The molecule has 1 unspecified atom stereocenters. The van der Waals surface area contributed by atoms with Gasteiger partial charge in [0.2, 0.25) is 21.8 Å². The number of anilines is 1. The average molecular weight is 508 g/mol. The molecule has 2 rings (SSSR count). The van der Waals surface area contributed by atoms with Crippen LogP contribution in [0.25, 0.3) is 0 Å². The van der Waals surface area contributed by atoms with Crippen molar-refractivity contribution in [1.82, 2.24) is 10.2 Å². The van der Waals surface area contributed by atoms with Crippen LogP contribution in [0.4, 0.5) is 5.69 Å². The lowest BCUT2D eigenvalue weighted by atomic mass is 10.1. The number of nitrogens with zero attached hydrogens (tertiary/aromatic N) is 2. The number of rotatable bonds is 12. The smallest absolute Gasteiger partial charge is 0.244 e. The van der Waals surface area contributed by atoms with Gasteiger partial charge in [0, 0.05) is 18.1 Å². The molecule has 0 radical (unpaired) electrons.